The van der Waals surface area contributed by atoms with Gasteiger partial charge in [0.15, 0.2) is 0 Å². The molecule has 0 aromatic heterocycles. The Hall–Kier alpha value is -1.39. The molecule has 1 saturated heterocycles. The van der Waals surface area contributed by atoms with Crippen molar-refractivity contribution >= 4 is 11.6 Å². The number of carbonyl (C=O) groups excluding carboxylic acids is 1. The summed E-state index contributed by atoms with van der Waals surface area (Å²) < 4.78 is 0. The number of hydrogen-bond donors (Lipinski definition) is 1. The number of nitrogens with zero attached hydrogens (tertiary/aromatic N) is 2. The van der Waals surface area contributed by atoms with Crippen LogP contribution in [0, 0.1) is 0 Å². The van der Waals surface area contributed by atoms with Crippen LogP contribution in [0.15, 0.2) is 24.3 Å². The van der Waals surface area contributed by atoms with Gasteiger partial charge in [-0.05, 0) is 37.8 Å². The van der Waals surface area contributed by atoms with E-state index in [1.165, 1.54) is 5.56 Å². The maximum Gasteiger partial charge on any atom is 0.241 e. The van der Waals surface area contributed by atoms with Gasteiger partial charge in [-0.2, -0.15) is 0 Å². The quantitative estimate of drug-likeness (QED) is 0.886. The van der Waals surface area contributed by atoms with E-state index in [0.717, 1.165) is 38.0 Å². The lowest BCUT2D eigenvalue weighted by Crippen LogP contribution is -2.49. The van der Waals surface area contributed by atoms with Gasteiger partial charge in [-0.3, -0.25) is 9.69 Å². The van der Waals surface area contributed by atoms with Crippen molar-refractivity contribution in [3.63, 3.8) is 0 Å². The van der Waals surface area contributed by atoms with Crippen LogP contribution in [0.4, 0.5) is 5.69 Å². The summed E-state index contributed by atoms with van der Waals surface area (Å²) in [6.45, 7) is 4.44. The van der Waals surface area contributed by atoms with Crippen LogP contribution < -0.4 is 10.6 Å². The largest absolute Gasteiger partial charge is 0.328 e. The van der Waals surface area contributed by atoms with Crippen LogP contribution in [0.3, 0.4) is 0 Å². The van der Waals surface area contributed by atoms with E-state index in [4.69, 9.17) is 5.73 Å². The molecule has 2 aliphatic rings. The average molecular weight is 273 g/mol. The minimum Gasteiger partial charge on any atom is -0.328 e. The SMILES string of the molecule is CC1CC(N)CCN1CC(=O)N1CCc2ccccc21. The molecule has 2 aliphatic heterocycles. The molecule has 4 heteroatoms. The van der Waals surface area contributed by atoms with Crippen LogP contribution >= 0.6 is 0 Å². The van der Waals surface area contributed by atoms with E-state index in [1.54, 1.807) is 0 Å². The molecule has 108 valence electrons. The minimum absolute atomic E-state index is 0.220. The first-order valence-electron chi connectivity index (χ1n) is 7.53. The van der Waals surface area contributed by atoms with Crippen molar-refractivity contribution < 1.29 is 4.79 Å². The fourth-order valence-electron chi connectivity index (χ4n) is 3.35. The number of amides is 1. The third-order valence-electron chi connectivity index (χ3n) is 4.58. The summed E-state index contributed by atoms with van der Waals surface area (Å²) in [5.41, 5.74) is 8.36. The monoisotopic (exact) mass is 273 g/mol. The number of carbonyl (C=O) groups is 1. The van der Waals surface area contributed by atoms with Crippen LogP contribution in [-0.2, 0) is 11.2 Å². The van der Waals surface area contributed by atoms with E-state index < -0.39 is 0 Å². The number of hydrogen-bond acceptors (Lipinski definition) is 3. The van der Waals surface area contributed by atoms with Gasteiger partial charge < -0.3 is 10.6 Å². The highest BCUT2D eigenvalue weighted by molar-refractivity contribution is 5.96. The molecular weight excluding hydrogens is 250 g/mol. The van der Waals surface area contributed by atoms with Gasteiger partial charge in [0.25, 0.3) is 0 Å². The van der Waals surface area contributed by atoms with Crippen LogP contribution in [0.25, 0.3) is 0 Å². The number of fused-ring (bicyclic) bond motifs is 1. The third-order valence-corrected chi connectivity index (χ3v) is 4.58. The molecule has 2 heterocycles. The van der Waals surface area contributed by atoms with E-state index in [0.29, 0.717) is 18.6 Å². The fraction of sp³-hybridized carbons (Fsp3) is 0.562. The predicted octanol–water partition coefficient (Wildman–Crippen LogP) is 1.39. The van der Waals surface area contributed by atoms with Crippen LogP contribution in [0.1, 0.15) is 25.3 Å². The molecule has 2 atom stereocenters. The van der Waals surface area contributed by atoms with Crippen molar-refractivity contribution in [1.82, 2.24) is 4.90 Å². The van der Waals surface area contributed by atoms with E-state index in [-0.39, 0.29) is 5.91 Å². The number of nitrogens with two attached hydrogens (primary N) is 1. The molecular formula is C16H23N3O. The maximum atomic E-state index is 12.6. The zero-order valence-electron chi connectivity index (χ0n) is 12.1. The second-order valence-electron chi connectivity index (χ2n) is 6.03. The zero-order valence-corrected chi connectivity index (χ0v) is 12.1. The van der Waals surface area contributed by atoms with Crippen molar-refractivity contribution in [3.05, 3.63) is 29.8 Å². The summed E-state index contributed by atoms with van der Waals surface area (Å²) in [7, 11) is 0. The average Bonchev–Trinajstić information content (AvgIpc) is 2.86. The highest BCUT2D eigenvalue weighted by Crippen LogP contribution is 2.28. The van der Waals surface area contributed by atoms with Crippen LogP contribution in [0.5, 0.6) is 0 Å². The Morgan fingerprint density at radius 3 is 2.95 bits per heavy atom. The predicted molar refractivity (Wildman–Crippen MR) is 80.7 cm³/mol. The molecule has 3 rings (SSSR count). The smallest absolute Gasteiger partial charge is 0.241 e. The Balaban J connectivity index is 1.66. The van der Waals surface area contributed by atoms with E-state index >= 15 is 0 Å². The molecule has 2 N–H and O–H groups in total. The van der Waals surface area contributed by atoms with Gasteiger partial charge in [0.2, 0.25) is 5.91 Å². The molecule has 1 aromatic carbocycles. The Morgan fingerprint density at radius 2 is 2.15 bits per heavy atom. The van der Waals surface area contributed by atoms with E-state index in [2.05, 4.69) is 24.0 Å². The van der Waals surface area contributed by atoms with Gasteiger partial charge in [-0.1, -0.05) is 18.2 Å². The van der Waals surface area contributed by atoms with Crippen molar-refractivity contribution in [2.24, 2.45) is 5.73 Å². The lowest BCUT2D eigenvalue weighted by Gasteiger charge is -2.36. The van der Waals surface area contributed by atoms with E-state index in [1.807, 2.05) is 17.0 Å². The molecule has 1 fully saturated rings. The first kappa shape index (κ1) is 13.6. The molecule has 4 nitrogen and oxygen atoms in total. The number of rotatable bonds is 2. The number of piperidine rings is 1. The van der Waals surface area contributed by atoms with Crippen LogP contribution in [-0.4, -0.2) is 42.5 Å². The van der Waals surface area contributed by atoms with Crippen molar-refractivity contribution in [2.75, 3.05) is 24.5 Å². The maximum absolute atomic E-state index is 12.6. The second-order valence-corrected chi connectivity index (χ2v) is 6.03. The zero-order chi connectivity index (χ0) is 14.1. The van der Waals surface area contributed by atoms with E-state index in [9.17, 15) is 4.79 Å². The molecule has 0 aliphatic carbocycles. The van der Waals surface area contributed by atoms with Gasteiger partial charge in [-0.25, -0.2) is 0 Å². The van der Waals surface area contributed by atoms with Gasteiger partial charge >= 0.3 is 0 Å². The number of likely N-dealkylation sites (tertiary alicyclic amines) is 1. The molecule has 0 bridgehead atoms. The van der Waals surface area contributed by atoms with Crippen LogP contribution in [0.2, 0.25) is 0 Å². The first-order valence-corrected chi connectivity index (χ1v) is 7.53. The first-order chi connectivity index (χ1) is 9.65. The van der Waals surface area contributed by atoms with Crippen molar-refractivity contribution in [1.29, 1.82) is 0 Å². The van der Waals surface area contributed by atoms with Gasteiger partial charge in [-0.15, -0.1) is 0 Å². The summed E-state index contributed by atoms with van der Waals surface area (Å²) in [6.07, 6.45) is 2.96. The fourth-order valence-corrected chi connectivity index (χ4v) is 3.35. The molecule has 0 radical (unpaired) electrons. The number of para-hydroxylation sites is 1. The summed E-state index contributed by atoms with van der Waals surface area (Å²) in [5, 5.41) is 0. The highest BCUT2D eigenvalue weighted by Gasteiger charge is 2.29. The molecule has 20 heavy (non-hydrogen) atoms. The summed E-state index contributed by atoms with van der Waals surface area (Å²) in [4.78, 5) is 16.8. The number of anilines is 1. The standard InChI is InChI=1S/C16H23N3O/c1-12-10-14(17)7-8-18(12)11-16(20)19-9-6-13-4-2-3-5-15(13)19/h2-5,12,14H,6-11,17H2,1H3. The highest BCUT2D eigenvalue weighted by atomic mass is 16.2. The molecule has 1 aromatic rings. The summed E-state index contributed by atoms with van der Waals surface area (Å²) in [5.74, 6) is 0.220. The topological polar surface area (TPSA) is 49.6 Å². The number of benzene rings is 1. The molecule has 0 saturated carbocycles. The second kappa shape index (κ2) is 5.54. The van der Waals surface area contributed by atoms with Gasteiger partial charge in [0, 0.05) is 30.9 Å². The summed E-state index contributed by atoms with van der Waals surface area (Å²) in [6, 6.07) is 8.92. The normalized spacial score (nSPS) is 26.6. The third kappa shape index (κ3) is 2.58. The Morgan fingerprint density at radius 1 is 1.35 bits per heavy atom. The molecule has 2 unspecified atom stereocenters. The van der Waals surface area contributed by atoms with Gasteiger partial charge in [0.1, 0.15) is 0 Å². The summed E-state index contributed by atoms with van der Waals surface area (Å²) >= 11 is 0. The van der Waals surface area contributed by atoms with Gasteiger partial charge in [0.05, 0.1) is 6.54 Å². The van der Waals surface area contributed by atoms with Crippen molar-refractivity contribution in [3.8, 4) is 0 Å². The Bertz CT molecular complexity index is 502. The minimum atomic E-state index is 0.220. The van der Waals surface area contributed by atoms with Crippen molar-refractivity contribution in [2.45, 2.75) is 38.3 Å². The Kier molecular flexibility index (Phi) is 3.76. The molecule has 1 amide bonds. The lowest BCUT2D eigenvalue weighted by atomic mass is 9.99. The molecule has 0 spiro atoms. The lowest BCUT2D eigenvalue weighted by molar-refractivity contribution is -0.120. The Labute approximate surface area is 120 Å².